The molecule has 1 unspecified atom stereocenters. The number of rotatable bonds is 8. The maximum absolute atomic E-state index is 12.4. The number of benzene rings is 2. The van der Waals surface area contributed by atoms with E-state index in [-0.39, 0.29) is 29.0 Å². The van der Waals surface area contributed by atoms with Crippen LogP contribution in [0.3, 0.4) is 0 Å². The van der Waals surface area contributed by atoms with Crippen molar-refractivity contribution >= 4 is 21.8 Å². The molecule has 30 heavy (non-hydrogen) atoms. The van der Waals surface area contributed by atoms with Crippen LogP contribution in [0.2, 0.25) is 0 Å². The molecular weight excluding hydrogens is 406 g/mol. The highest BCUT2D eigenvalue weighted by molar-refractivity contribution is 7.89. The number of likely N-dealkylation sites (tertiary alicyclic amines) is 1. The molecule has 1 saturated heterocycles. The number of ether oxygens (including phenoxy) is 1. The summed E-state index contributed by atoms with van der Waals surface area (Å²) in [5.41, 5.74) is 1.86. The van der Waals surface area contributed by atoms with Crippen LogP contribution in [0.25, 0.3) is 0 Å². The van der Waals surface area contributed by atoms with Gasteiger partial charge in [0.1, 0.15) is 5.75 Å². The fraction of sp³-hybridized carbons (Fsp3) is 0.333. The van der Waals surface area contributed by atoms with Crippen molar-refractivity contribution in [1.82, 2.24) is 10.2 Å². The van der Waals surface area contributed by atoms with Gasteiger partial charge in [-0.1, -0.05) is 24.3 Å². The van der Waals surface area contributed by atoms with Crippen molar-refractivity contribution in [2.75, 3.05) is 20.2 Å². The van der Waals surface area contributed by atoms with Crippen LogP contribution in [0.5, 0.6) is 5.75 Å². The minimum atomic E-state index is -3.71. The first-order valence-electron chi connectivity index (χ1n) is 9.56. The molecule has 3 N–H and O–H groups in total. The summed E-state index contributed by atoms with van der Waals surface area (Å²) in [6.45, 7) is 1.25. The van der Waals surface area contributed by atoms with E-state index in [2.05, 4.69) is 5.32 Å². The number of hydrogen-bond acceptors (Lipinski definition) is 5. The maximum Gasteiger partial charge on any atom is 0.238 e. The van der Waals surface area contributed by atoms with Crippen LogP contribution >= 0.6 is 0 Å². The van der Waals surface area contributed by atoms with E-state index in [1.807, 2.05) is 24.3 Å². The number of carbonyl (C=O) groups is 2. The lowest BCUT2D eigenvalue weighted by Gasteiger charge is -2.17. The average Bonchev–Trinajstić information content (AvgIpc) is 3.08. The SMILES string of the molecule is COc1ccc(CN2CC(C(=O)NCCc3ccc(S(N)(=O)=O)cc3)CC2=O)cc1. The summed E-state index contributed by atoms with van der Waals surface area (Å²) < 4.78 is 27.7. The number of nitrogens with one attached hydrogen (secondary N) is 1. The zero-order valence-electron chi connectivity index (χ0n) is 16.7. The molecule has 1 atom stereocenters. The van der Waals surface area contributed by atoms with Crippen molar-refractivity contribution in [3.8, 4) is 5.75 Å². The molecule has 0 saturated carbocycles. The van der Waals surface area contributed by atoms with E-state index >= 15 is 0 Å². The quantitative estimate of drug-likeness (QED) is 0.648. The molecule has 0 aromatic heterocycles. The first-order chi connectivity index (χ1) is 14.3. The predicted octanol–water partition coefficient (Wildman–Crippen LogP) is 1.05. The molecule has 8 nitrogen and oxygen atoms in total. The zero-order valence-corrected chi connectivity index (χ0v) is 17.5. The molecule has 3 rings (SSSR count). The Morgan fingerprint density at radius 1 is 1.13 bits per heavy atom. The molecule has 0 bridgehead atoms. The third-order valence-electron chi connectivity index (χ3n) is 5.08. The second kappa shape index (κ2) is 9.27. The number of nitrogens with zero attached hydrogens (tertiary/aromatic N) is 1. The number of nitrogens with two attached hydrogens (primary N) is 1. The number of amides is 2. The van der Waals surface area contributed by atoms with Crippen LogP contribution in [-0.4, -0.2) is 45.3 Å². The fourth-order valence-electron chi connectivity index (χ4n) is 3.37. The Kier molecular flexibility index (Phi) is 6.73. The number of hydrogen-bond donors (Lipinski definition) is 2. The van der Waals surface area contributed by atoms with Crippen molar-refractivity contribution in [2.24, 2.45) is 11.1 Å². The summed E-state index contributed by atoms with van der Waals surface area (Å²) in [7, 11) is -2.11. The topological polar surface area (TPSA) is 119 Å². The van der Waals surface area contributed by atoms with Gasteiger partial charge in [-0.25, -0.2) is 13.6 Å². The first-order valence-corrected chi connectivity index (χ1v) is 11.1. The van der Waals surface area contributed by atoms with Crippen LogP contribution < -0.4 is 15.2 Å². The van der Waals surface area contributed by atoms with Crippen LogP contribution in [0, 0.1) is 5.92 Å². The van der Waals surface area contributed by atoms with Crippen LogP contribution in [0.1, 0.15) is 17.5 Å². The Morgan fingerprint density at radius 3 is 2.37 bits per heavy atom. The van der Waals surface area contributed by atoms with Gasteiger partial charge in [0.05, 0.1) is 17.9 Å². The monoisotopic (exact) mass is 431 g/mol. The summed E-state index contributed by atoms with van der Waals surface area (Å²) in [6, 6.07) is 13.7. The Balaban J connectivity index is 1.47. The lowest BCUT2D eigenvalue weighted by atomic mass is 10.1. The largest absolute Gasteiger partial charge is 0.497 e. The number of primary sulfonamides is 1. The van der Waals surface area contributed by atoms with Gasteiger partial charge in [-0.2, -0.15) is 0 Å². The second-order valence-electron chi connectivity index (χ2n) is 7.25. The van der Waals surface area contributed by atoms with Gasteiger partial charge in [-0.15, -0.1) is 0 Å². The highest BCUT2D eigenvalue weighted by atomic mass is 32.2. The second-order valence-corrected chi connectivity index (χ2v) is 8.81. The molecule has 1 heterocycles. The Labute approximate surface area is 176 Å². The smallest absolute Gasteiger partial charge is 0.238 e. The normalized spacial score (nSPS) is 16.5. The van der Waals surface area contributed by atoms with E-state index < -0.39 is 10.0 Å². The zero-order chi connectivity index (χ0) is 21.7. The minimum Gasteiger partial charge on any atom is -0.497 e. The lowest BCUT2D eigenvalue weighted by molar-refractivity contribution is -0.129. The van der Waals surface area contributed by atoms with E-state index in [0.29, 0.717) is 26.1 Å². The minimum absolute atomic E-state index is 0.0375. The van der Waals surface area contributed by atoms with Gasteiger partial charge in [-0.3, -0.25) is 9.59 Å². The maximum atomic E-state index is 12.4. The summed E-state index contributed by atoms with van der Waals surface area (Å²) in [5.74, 6) is 0.190. The van der Waals surface area contributed by atoms with Gasteiger partial charge in [0.2, 0.25) is 21.8 Å². The van der Waals surface area contributed by atoms with Crippen molar-refractivity contribution in [1.29, 1.82) is 0 Å². The standard InChI is InChI=1S/C21H25N3O5S/c1-29-18-6-2-16(3-7-18)13-24-14-17(12-20(24)25)21(26)23-11-10-15-4-8-19(9-5-15)30(22,27)28/h2-9,17H,10-14H2,1H3,(H,23,26)(H2,22,27,28). The van der Waals surface area contributed by atoms with Gasteiger partial charge in [-0.05, 0) is 41.8 Å². The van der Waals surface area contributed by atoms with Crippen molar-refractivity contribution in [3.63, 3.8) is 0 Å². The molecule has 1 aliphatic rings. The molecule has 160 valence electrons. The van der Waals surface area contributed by atoms with Crippen LogP contribution in [0.15, 0.2) is 53.4 Å². The summed E-state index contributed by atoms with van der Waals surface area (Å²) in [6.07, 6.45) is 0.748. The average molecular weight is 432 g/mol. The Morgan fingerprint density at radius 2 is 1.77 bits per heavy atom. The molecule has 2 aromatic carbocycles. The highest BCUT2D eigenvalue weighted by Crippen LogP contribution is 2.21. The Bertz CT molecular complexity index is 1000. The van der Waals surface area contributed by atoms with E-state index in [4.69, 9.17) is 9.88 Å². The first kappa shape index (κ1) is 21.8. The summed E-state index contributed by atoms with van der Waals surface area (Å²) in [4.78, 5) is 26.5. The van der Waals surface area contributed by atoms with E-state index in [9.17, 15) is 18.0 Å². The molecule has 1 fully saturated rings. The fourth-order valence-corrected chi connectivity index (χ4v) is 3.89. The molecule has 0 radical (unpaired) electrons. The van der Waals surface area contributed by atoms with Gasteiger partial charge < -0.3 is 15.0 Å². The van der Waals surface area contributed by atoms with Crippen molar-refractivity contribution in [2.45, 2.75) is 24.3 Å². The van der Waals surface area contributed by atoms with Gasteiger partial charge >= 0.3 is 0 Å². The molecule has 9 heteroatoms. The van der Waals surface area contributed by atoms with Crippen molar-refractivity contribution < 1.29 is 22.7 Å². The number of methoxy groups -OCH3 is 1. The van der Waals surface area contributed by atoms with Crippen molar-refractivity contribution in [3.05, 3.63) is 59.7 Å². The predicted molar refractivity (Wildman–Crippen MR) is 111 cm³/mol. The number of carbonyl (C=O) groups excluding carboxylic acids is 2. The van der Waals surface area contributed by atoms with Gasteiger partial charge in [0.15, 0.2) is 0 Å². The van der Waals surface area contributed by atoms with Gasteiger partial charge in [0.25, 0.3) is 0 Å². The Hall–Kier alpha value is -2.91. The van der Waals surface area contributed by atoms with E-state index in [1.54, 1.807) is 24.1 Å². The van der Waals surface area contributed by atoms with E-state index in [1.165, 1.54) is 12.1 Å². The molecule has 2 aromatic rings. The third-order valence-corrected chi connectivity index (χ3v) is 6.01. The lowest BCUT2D eigenvalue weighted by Crippen LogP contribution is -2.34. The molecule has 2 amide bonds. The molecule has 1 aliphatic heterocycles. The van der Waals surface area contributed by atoms with Gasteiger partial charge in [0, 0.05) is 26.1 Å². The third kappa shape index (κ3) is 5.58. The molecular formula is C21H25N3O5S. The van der Waals surface area contributed by atoms with Crippen LogP contribution in [0.4, 0.5) is 0 Å². The molecule has 0 aliphatic carbocycles. The summed E-state index contributed by atoms with van der Waals surface area (Å²) in [5, 5.41) is 7.94. The number of sulfonamides is 1. The summed E-state index contributed by atoms with van der Waals surface area (Å²) >= 11 is 0. The van der Waals surface area contributed by atoms with E-state index in [0.717, 1.165) is 16.9 Å². The highest BCUT2D eigenvalue weighted by Gasteiger charge is 2.34. The van der Waals surface area contributed by atoms with Crippen LogP contribution in [-0.2, 0) is 32.6 Å². The molecule has 0 spiro atoms.